The highest BCUT2D eigenvalue weighted by Gasteiger charge is 2.89. The van der Waals surface area contributed by atoms with Crippen LogP contribution in [0.3, 0.4) is 0 Å². The Morgan fingerprint density at radius 3 is 2.63 bits per heavy atom. The van der Waals surface area contributed by atoms with Gasteiger partial charge in [-0.3, -0.25) is 14.4 Å². The topological polar surface area (TPSA) is 119 Å². The minimum absolute atomic E-state index is 0.0133. The molecule has 4 aliphatic carbocycles. The molecule has 38 heavy (non-hydrogen) atoms. The van der Waals surface area contributed by atoms with E-state index in [1.807, 2.05) is 31.4 Å². The number of esters is 2. The van der Waals surface area contributed by atoms with Gasteiger partial charge in [-0.25, -0.2) is 0 Å². The Morgan fingerprint density at radius 2 is 2.00 bits per heavy atom. The minimum Gasteiger partial charge on any atom is -0.458 e. The van der Waals surface area contributed by atoms with Crippen LogP contribution >= 0.6 is 11.3 Å². The van der Waals surface area contributed by atoms with Gasteiger partial charge in [0, 0.05) is 40.9 Å². The van der Waals surface area contributed by atoms with Gasteiger partial charge in [-0.15, -0.1) is 11.3 Å². The molecule has 1 saturated heterocycles. The van der Waals surface area contributed by atoms with Gasteiger partial charge in [0.05, 0.1) is 36.3 Å². The summed E-state index contributed by atoms with van der Waals surface area (Å²) in [4.78, 5) is 40.9. The second-order valence-electron chi connectivity index (χ2n) is 12.2. The Bertz CT molecular complexity index is 1220. The Morgan fingerprint density at radius 1 is 1.24 bits per heavy atom. The van der Waals surface area contributed by atoms with Crippen molar-refractivity contribution >= 4 is 29.1 Å². The summed E-state index contributed by atoms with van der Waals surface area (Å²) in [5.74, 6) is -1.26. The number of ether oxygens (including phenoxy) is 3. The molecule has 0 radical (unpaired) electrons. The first kappa shape index (κ1) is 26.2. The molecule has 2 heterocycles. The highest BCUT2D eigenvalue weighted by molar-refractivity contribution is 7.09. The number of hydrogen-bond donors (Lipinski definition) is 2. The third-order valence-corrected chi connectivity index (χ3v) is 11.9. The van der Waals surface area contributed by atoms with E-state index in [0.29, 0.717) is 30.6 Å². The van der Waals surface area contributed by atoms with Gasteiger partial charge in [0.2, 0.25) is 0 Å². The van der Waals surface area contributed by atoms with E-state index in [2.05, 4.69) is 0 Å². The number of aliphatic hydroxyl groups excluding tert-OH is 1. The zero-order valence-corrected chi connectivity index (χ0v) is 23.1. The molecule has 0 amide bonds. The maximum Gasteiger partial charge on any atom is 0.306 e. The van der Waals surface area contributed by atoms with Crippen molar-refractivity contribution in [1.29, 1.82) is 0 Å². The van der Waals surface area contributed by atoms with E-state index in [4.69, 9.17) is 14.2 Å². The van der Waals surface area contributed by atoms with Crippen molar-refractivity contribution in [3.63, 3.8) is 0 Å². The lowest BCUT2D eigenvalue weighted by atomic mass is 9.22. The quantitative estimate of drug-likeness (QED) is 0.414. The molecule has 4 fully saturated rings. The number of carbonyl (C=O) groups is 3. The van der Waals surface area contributed by atoms with E-state index in [1.54, 1.807) is 25.2 Å². The molecule has 0 aromatic carbocycles. The second kappa shape index (κ2) is 8.46. The summed E-state index contributed by atoms with van der Waals surface area (Å²) in [5, 5.41) is 25.6. The number of thiophene rings is 1. The molecule has 6 rings (SSSR count). The van der Waals surface area contributed by atoms with Gasteiger partial charge in [0.15, 0.2) is 11.9 Å². The maximum absolute atomic E-state index is 14.4. The molecule has 1 aliphatic heterocycles. The summed E-state index contributed by atoms with van der Waals surface area (Å²) in [6.07, 6.45) is -1.49. The monoisotopic (exact) mass is 544 g/mol. The zero-order valence-electron chi connectivity index (χ0n) is 22.3. The third-order valence-electron chi connectivity index (χ3n) is 11.0. The zero-order chi connectivity index (χ0) is 27.3. The number of hydrogen-bond acceptors (Lipinski definition) is 9. The van der Waals surface area contributed by atoms with E-state index < -0.39 is 46.1 Å². The molecular weight excluding hydrogens is 508 g/mol. The van der Waals surface area contributed by atoms with Crippen molar-refractivity contribution in [2.75, 3.05) is 6.61 Å². The van der Waals surface area contributed by atoms with Crippen molar-refractivity contribution in [2.24, 2.45) is 22.2 Å². The molecule has 1 aromatic heterocycles. The van der Waals surface area contributed by atoms with Crippen LogP contribution in [0.15, 0.2) is 28.7 Å². The van der Waals surface area contributed by atoms with Crippen LogP contribution in [0.5, 0.6) is 0 Å². The van der Waals surface area contributed by atoms with Crippen LogP contribution in [0.1, 0.15) is 64.7 Å². The molecule has 9 atom stereocenters. The molecule has 0 bridgehead atoms. The summed E-state index contributed by atoms with van der Waals surface area (Å²) < 4.78 is 17.6. The number of aliphatic hydroxyl groups is 2. The molecular formula is C29H36O8S. The Kier molecular flexibility index (Phi) is 5.83. The minimum atomic E-state index is -1.30. The first-order valence-corrected chi connectivity index (χ1v) is 14.5. The average Bonchev–Trinajstić information content (AvgIpc) is 3.38. The first-order valence-electron chi connectivity index (χ1n) is 13.6. The molecule has 8 nitrogen and oxygen atoms in total. The average molecular weight is 545 g/mol. The number of carbonyl (C=O) groups excluding carboxylic acids is 3. The van der Waals surface area contributed by atoms with E-state index >= 15 is 0 Å². The Hall–Kier alpha value is -2.07. The number of aryl methyl sites for hydroxylation is 1. The van der Waals surface area contributed by atoms with Crippen molar-refractivity contribution in [2.45, 2.75) is 96.2 Å². The van der Waals surface area contributed by atoms with E-state index in [1.165, 1.54) is 0 Å². The van der Waals surface area contributed by atoms with Gasteiger partial charge in [-0.05, 0) is 49.3 Å². The molecule has 3 saturated carbocycles. The normalized spacial score (nSPS) is 44.7. The first-order chi connectivity index (χ1) is 17.9. The third kappa shape index (κ3) is 2.99. The number of fused-ring (bicyclic) bond motifs is 1. The molecule has 1 spiro atoms. The standard InChI is InChI=1S/C29H36O8S/c1-5-21(31)37-24-23-15(2)19(36-22(32)9-8-16-7-6-10-38-16)12-28(34)14-29(27(23,28)4)17-13-35-18(17)11-20(30)26(29,3)25(24)33/h6-7,10,17-20,24,30,34H,5,8-9,11-14H2,1-4H3/t17?,18?,19-,20?,24?,26-,27-,28?,29?/m0/s1. The Labute approximate surface area is 226 Å². The lowest BCUT2D eigenvalue weighted by Gasteiger charge is -2.83. The molecule has 1 aromatic rings. The predicted molar refractivity (Wildman–Crippen MR) is 137 cm³/mol. The molecule has 6 unspecified atom stereocenters. The largest absolute Gasteiger partial charge is 0.458 e. The molecule has 5 aliphatic rings. The maximum atomic E-state index is 14.4. The summed E-state index contributed by atoms with van der Waals surface area (Å²) >= 11 is 1.58. The van der Waals surface area contributed by atoms with Crippen molar-refractivity contribution in [3.05, 3.63) is 33.5 Å². The van der Waals surface area contributed by atoms with Gasteiger partial charge in [-0.2, -0.15) is 0 Å². The fourth-order valence-electron chi connectivity index (χ4n) is 8.89. The molecule has 2 N–H and O–H groups in total. The SMILES string of the molecule is CCC(=O)OC1C(=O)[C@]2(C)C(O)CC3OCC3C23CC2(O)C[C@H](OC(=O)CCc4cccs4)C(C)=C1[C@@]23C. The van der Waals surface area contributed by atoms with Crippen LogP contribution in [0, 0.1) is 22.2 Å². The van der Waals surface area contributed by atoms with Gasteiger partial charge >= 0.3 is 11.9 Å². The molecule has 9 heteroatoms. The second-order valence-corrected chi connectivity index (χ2v) is 13.2. The summed E-state index contributed by atoms with van der Waals surface area (Å²) in [5.41, 5.74) is -3.03. The predicted octanol–water partition coefficient (Wildman–Crippen LogP) is 3.13. The lowest BCUT2D eigenvalue weighted by molar-refractivity contribution is -0.388. The Balaban J connectivity index is 1.43. The highest BCUT2D eigenvalue weighted by atomic mass is 32.1. The summed E-state index contributed by atoms with van der Waals surface area (Å²) in [7, 11) is 0. The highest BCUT2D eigenvalue weighted by Crippen LogP contribution is 2.84. The number of ketones is 1. The number of Topliss-reactive ketones (excluding diaryl/α,β-unsaturated/α-hetero) is 1. The fourth-order valence-corrected chi connectivity index (χ4v) is 9.60. The van der Waals surface area contributed by atoms with Crippen molar-refractivity contribution < 1.29 is 38.8 Å². The van der Waals surface area contributed by atoms with Crippen molar-refractivity contribution in [3.8, 4) is 0 Å². The lowest BCUT2D eigenvalue weighted by Crippen LogP contribution is -2.88. The van der Waals surface area contributed by atoms with E-state index in [0.717, 1.165) is 4.88 Å². The van der Waals surface area contributed by atoms with E-state index in [-0.39, 0.29) is 49.5 Å². The summed E-state index contributed by atoms with van der Waals surface area (Å²) in [6.45, 7) is 7.68. The van der Waals surface area contributed by atoms with Crippen LogP contribution in [-0.4, -0.2) is 64.6 Å². The summed E-state index contributed by atoms with van der Waals surface area (Å²) in [6, 6.07) is 3.91. The van der Waals surface area contributed by atoms with Crippen LogP contribution < -0.4 is 0 Å². The van der Waals surface area contributed by atoms with Gasteiger partial charge in [-0.1, -0.05) is 19.9 Å². The van der Waals surface area contributed by atoms with Crippen LogP contribution in [-0.2, 0) is 35.0 Å². The van der Waals surface area contributed by atoms with Crippen LogP contribution in [0.2, 0.25) is 0 Å². The van der Waals surface area contributed by atoms with Gasteiger partial charge in [0.1, 0.15) is 6.10 Å². The van der Waals surface area contributed by atoms with Gasteiger partial charge < -0.3 is 24.4 Å². The van der Waals surface area contributed by atoms with Crippen LogP contribution in [0.25, 0.3) is 0 Å². The van der Waals surface area contributed by atoms with Crippen LogP contribution in [0.4, 0.5) is 0 Å². The van der Waals surface area contributed by atoms with Gasteiger partial charge in [0.25, 0.3) is 0 Å². The van der Waals surface area contributed by atoms with E-state index in [9.17, 15) is 24.6 Å². The number of rotatable bonds is 6. The smallest absolute Gasteiger partial charge is 0.306 e. The van der Waals surface area contributed by atoms with Crippen molar-refractivity contribution in [1.82, 2.24) is 0 Å². The molecule has 206 valence electrons. The fraction of sp³-hybridized carbons (Fsp3) is 0.690.